The summed E-state index contributed by atoms with van der Waals surface area (Å²) in [6.07, 6.45) is 0. The third-order valence-corrected chi connectivity index (χ3v) is 7.06. The second kappa shape index (κ2) is 17.4. The van der Waals surface area contributed by atoms with Crippen LogP contribution in [0, 0.1) is 0 Å². The zero-order valence-electron chi connectivity index (χ0n) is 25.4. The van der Waals surface area contributed by atoms with E-state index in [0.29, 0.717) is 32.3 Å². The van der Waals surface area contributed by atoms with Crippen molar-refractivity contribution in [1.82, 2.24) is 0 Å². The van der Waals surface area contributed by atoms with Crippen LogP contribution in [0.2, 0.25) is 0 Å². The standard InChI is InChI=1S/3C12H8O4.2Al/c3*13-11(14)9-6-5-7-3-1-2-4-8(7)10(9)12(15)16;;/h3*1-6H,(H,13,14)(H,15,16);;/q;;;2*+3/p-6. The molecule has 14 heteroatoms. The molecule has 0 fully saturated rings. The fourth-order valence-corrected chi connectivity index (χ4v) is 4.98. The number of carboxylic acid groups (broad SMARTS) is 6. The van der Waals surface area contributed by atoms with E-state index in [9.17, 15) is 59.4 Å². The van der Waals surface area contributed by atoms with Gasteiger partial charge in [0, 0.05) is 33.4 Å². The predicted octanol–water partition coefficient (Wildman–Crippen LogP) is -2.06. The van der Waals surface area contributed by atoms with Gasteiger partial charge in [-0.1, -0.05) is 109 Å². The van der Waals surface area contributed by atoms with E-state index in [2.05, 4.69) is 0 Å². The van der Waals surface area contributed by atoms with Gasteiger partial charge in [-0.3, -0.25) is 0 Å². The monoisotopic (exact) mass is 696 g/mol. The van der Waals surface area contributed by atoms with E-state index in [1.165, 1.54) is 54.6 Å². The van der Waals surface area contributed by atoms with E-state index in [1.54, 1.807) is 54.6 Å². The van der Waals surface area contributed by atoms with E-state index in [-0.39, 0.29) is 68.1 Å². The molecule has 0 unspecified atom stereocenters. The first-order valence-electron chi connectivity index (χ1n) is 13.7. The van der Waals surface area contributed by atoms with Crippen LogP contribution in [0.5, 0.6) is 0 Å². The fourth-order valence-electron chi connectivity index (χ4n) is 4.98. The minimum Gasteiger partial charge on any atom is -0.545 e. The third-order valence-electron chi connectivity index (χ3n) is 7.06. The second-order valence-corrected chi connectivity index (χ2v) is 9.85. The van der Waals surface area contributed by atoms with Gasteiger partial charge in [-0.25, -0.2) is 0 Å². The molecule has 0 atom stereocenters. The zero-order valence-corrected chi connectivity index (χ0v) is 27.8. The van der Waals surface area contributed by atoms with Crippen molar-refractivity contribution in [3.05, 3.63) is 143 Å². The summed E-state index contributed by atoms with van der Waals surface area (Å²) in [5, 5.41) is 68.1. The first kappa shape index (κ1) is 40.2. The molecule has 6 rings (SSSR count). The summed E-state index contributed by atoms with van der Waals surface area (Å²) in [4.78, 5) is 65.1. The van der Waals surface area contributed by atoms with Crippen molar-refractivity contribution < 1.29 is 59.4 Å². The Labute approximate surface area is 303 Å². The molecule has 0 bridgehead atoms. The normalized spacial score (nSPS) is 9.84. The minimum absolute atomic E-state index is 0. The summed E-state index contributed by atoms with van der Waals surface area (Å²) in [6.45, 7) is 0. The largest absolute Gasteiger partial charge is 3.00 e. The van der Waals surface area contributed by atoms with Crippen LogP contribution in [-0.4, -0.2) is 70.5 Å². The summed E-state index contributed by atoms with van der Waals surface area (Å²) >= 11 is 0. The number of carboxylic acids is 6. The van der Waals surface area contributed by atoms with Gasteiger partial charge in [0.25, 0.3) is 0 Å². The van der Waals surface area contributed by atoms with Gasteiger partial charge < -0.3 is 59.4 Å². The molecule has 0 aliphatic carbocycles. The number of carbonyl (C=O) groups is 6. The molecule has 0 N–H and O–H groups in total. The molecule has 50 heavy (non-hydrogen) atoms. The number of carbonyl (C=O) groups excluding carboxylic acids is 6. The van der Waals surface area contributed by atoms with Crippen molar-refractivity contribution >= 4 is 103 Å². The summed E-state index contributed by atoms with van der Waals surface area (Å²) in [5.74, 6) is -9.12. The van der Waals surface area contributed by atoms with Crippen molar-refractivity contribution in [2.24, 2.45) is 0 Å². The molecule has 0 amide bonds. The van der Waals surface area contributed by atoms with Gasteiger partial charge in [0.1, 0.15) is 0 Å². The maximum Gasteiger partial charge on any atom is 3.00 e. The topological polar surface area (TPSA) is 241 Å². The molecular formula is C36H18Al2O12. The number of aromatic carboxylic acids is 6. The van der Waals surface area contributed by atoms with Crippen molar-refractivity contribution in [3.8, 4) is 0 Å². The molecule has 0 aliphatic rings. The molecule has 240 valence electrons. The quantitative estimate of drug-likeness (QED) is 0.171. The van der Waals surface area contributed by atoms with Gasteiger partial charge >= 0.3 is 34.7 Å². The molecule has 6 aromatic rings. The Morgan fingerprint density at radius 2 is 0.520 bits per heavy atom. The maximum absolute atomic E-state index is 10.9. The van der Waals surface area contributed by atoms with Gasteiger partial charge in [-0.15, -0.1) is 0 Å². The average molecular weight is 696 g/mol. The number of benzene rings is 6. The van der Waals surface area contributed by atoms with Crippen LogP contribution < -0.4 is 30.6 Å². The Bertz CT molecular complexity index is 2030. The molecule has 0 spiro atoms. The molecule has 0 aromatic heterocycles. The molecule has 0 radical (unpaired) electrons. The Balaban J connectivity index is 0.000000255. The van der Waals surface area contributed by atoms with Crippen LogP contribution in [0.4, 0.5) is 0 Å². The average Bonchev–Trinajstić information content (AvgIpc) is 3.06. The number of rotatable bonds is 6. The molecular weight excluding hydrogens is 678 g/mol. The van der Waals surface area contributed by atoms with Crippen LogP contribution in [-0.2, 0) is 0 Å². The molecule has 0 heterocycles. The van der Waals surface area contributed by atoms with E-state index in [1.807, 2.05) is 0 Å². The predicted molar refractivity (Wildman–Crippen MR) is 169 cm³/mol. The van der Waals surface area contributed by atoms with Crippen LogP contribution in [0.15, 0.2) is 109 Å². The van der Waals surface area contributed by atoms with Crippen LogP contribution >= 0.6 is 0 Å². The van der Waals surface area contributed by atoms with Gasteiger partial charge in [0.05, 0.1) is 35.8 Å². The Kier molecular flexibility index (Phi) is 14.0. The van der Waals surface area contributed by atoms with E-state index < -0.39 is 35.8 Å². The Morgan fingerprint density at radius 1 is 0.300 bits per heavy atom. The summed E-state index contributed by atoms with van der Waals surface area (Å²) in [7, 11) is 0. The third kappa shape index (κ3) is 8.71. The zero-order chi connectivity index (χ0) is 35.1. The van der Waals surface area contributed by atoms with Crippen molar-refractivity contribution in [1.29, 1.82) is 0 Å². The second-order valence-electron chi connectivity index (χ2n) is 9.85. The van der Waals surface area contributed by atoms with E-state index >= 15 is 0 Å². The fraction of sp³-hybridized carbons (Fsp3) is 0. The van der Waals surface area contributed by atoms with Crippen molar-refractivity contribution in [2.45, 2.75) is 0 Å². The van der Waals surface area contributed by atoms with Gasteiger partial charge in [0.2, 0.25) is 0 Å². The van der Waals surface area contributed by atoms with E-state index in [4.69, 9.17) is 0 Å². The molecule has 12 nitrogen and oxygen atoms in total. The Hall–Kier alpha value is -6.02. The Morgan fingerprint density at radius 3 is 0.720 bits per heavy atom. The van der Waals surface area contributed by atoms with Gasteiger partial charge in [-0.2, -0.15) is 0 Å². The van der Waals surface area contributed by atoms with Crippen LogP contribution in [0.25, 0.3) is 32.3 Å². The molecule has 0 saturated heterocycles. The van der Waals surface area contributed by atoms with Gasteiger partial charge in [0.15, 0.2) is 0 Å². The maximum atomic E-state index is 10.9. The van der Waals surface area contributed by atoms with Crippen molar-refractivity contribution in [3.63, 3.8) is 0 Å². The minimum atomic E-state index is -1.52. The summed E-state index contributed by atoms with van der Waals surface area (Å²) in [5.41, 5.74) is -2.09. The number of hydrogen-bond acceptors (Lipinski definition) is 12. The molecule has 6 aromatic carbocycles. The smallest absolute Gasteiger partial charge is 0.545 e. The van der Waals surface area contributed by atoms with E-state index in [0.717, 1.165) is 0 Å². The SMILES string of the molecule is O=C([O-])c1ccc2ccccc2c1C(=O)[O-].O=C([O-])c1ccc2ccccc2c1C(=O)[O-].O=C([O-])c1ccc2ccccc2c1C(=O)[O-].[Al+3].[Al+3]. The summed E-state index contributed by atoms with van der Waals surface area (Å²) in [6, 6.07) is 28.0. The van der Waals surface area contributed by atoms with Crippen LogP contribution in [0.3, 0.4) is 0 Å². The molecule has 0 saturated carbocycles. The molecule has 0 aliphatic heterocycles. The van der Waals surface area contributed by atoms with Crippen molar-refractivity contribution in [2.75, 3.05) is 0 Å². The van der Waals surface area contributed by atoms with Gasteiger partial charge in [-0.05, 0) is 32.3 Å². The number of fused-ring (bicyclic) bond motifs is 3. The summed E-state index contributed by atoms with van der Waals surface area (Å²) < 4.78 is 0. The first-order valence-corrected chi connectivity index (χ1v) is 13.7. The number of hydrogen-bond donors (Lipinski definition) is 0. The first-order chi connectivity index (χ1) is 22.8. The van der Waals surface area contributed by atoms with Crippen LogP contribution in [0.1, 0.15) is 62.1 Å².